The van der Waals surface area contributed by atoms with Crippen molar-refractivity contribution in [3.05, 3.63) is 0 Å². The van der Waals surface area contributed by atoms with Gasteiger partial charge in [-0.3, -0.25) is 0 Å². The van der Waals surface area contributed by atoms with E-state index in [-0.39, 0.29) is 12.2 Å². The van der Waals surface area contributed by atoms with Gasteiger partial charge in [0.25, 0.3) is 10.2 Å². The summed E-state index contributed by atoms with van der Waals surface area (Å²) in [5.74, 6) is 1.26. The van der Waals surface area contributed by atoms with E-state index in [0.29, 0.717) is 37.4 Å². The number of hydrogen-bond acceptors (Lipinski definition) is 3. The molecule has 0 radical (unpaired) electrons. The third kappa shape index (κ3) is 4.98. The molecule has 0 aromatic carbocycles. The molecule has 1 fully saturated rings. The Labute approximate surface area is 124 Å². The lowest BCUT2D eigenvalue weighted by molar-refractivity contribution is -0.0444. The van der Waals surface area contributed by atoms with Crippen LogP contribution in [-0.4, -0.2) is 44.6 Å². The van der Waals surface area contributed by atoms with E-state index in [9.17, 15) is 8.42 Å². The molecule has 2 unspecified atom stereocenters. The van der Waals surface area contributed by atoms with Crippen molar-refractivity contribution in [2.24, 2.45) is 17.8 Å². The van der Waals surface area contributed by atoms with Gasteiger partial charge in [0.05, 0.1) is 12.2 Å². The zero-order valence-corrected chi connectivity index (χ0v) is 14.4. The molecule has 0 spiro atoms. The highest BCUT2D eigenvalue weighted by molar-refractivity contribution is 7.87. The number of rotatable bonds is 6. The molecule has 20 heavy (non-hydrogen) atoms. The molecule has 1 N–H and O–H groups in total. The molecule has 1 rings (SSSR count). The van der Waals surface area contributed by atoms with Gasteiger partial charge in [-0.05, 0) is 31.6 Å². The number of nitrogens with one attached hydrogen (secondary N) is 1. The lowest BCUT2D eigenvalue weighted by Crippen LogP contribution is -2.52. The van der Waals surface area contributed by atoms with Gasteiger partial charge in [-0.15, -0.1) is 0 Å². The summed E-state index contributed by atoms with van der Waals surface area (Å²) in [6.07, 6.45) is -0.109. The Kier molecular flexibility index (Phi) is 6.44. The third-order valence-corrected chi connectivity index (χ3v) is 5.45. The fourth-order valence-electron chi connectivity index (χ4n) is 2.86. The SMILES string of the molecule is CC1CN(S(=O)(=O)NCC(C(C)C)C(C)C)CC(C)O1. The van der Waals surface area contributed by atoms with Gasteiger partial charge in [0, 0.05) is 19.6 Å². The molecule has 120 valence electrons. The summed E-state index contributed by atoms with van der Waals surface area (Å²) in [7, 11) is -3.41. The molecule has 0 aliphatic carbocycles. The van der Waals surface area contributed by atoms with E-state index >= 15 is 0 Å². The molecule has 1 saturated heterocycles. The van der Waals surface area contributed by atoms with Crippen LogP contribution in [-0.2, 0) is 14.9 Å². The van der Waals surface area contributed by atoms with Crippen LogP contribution in [0.15, 0.2) is 0 Å². The van der Waals surface area contributed by atoms with Crippen molar-refractivity contribution in [1.29, 1.82) is 0 Å². The molecule has 5 nitrogen and oxygen atoms in total. The van der Waals surface area contributed by atoms with Crippen LogP contribution in [0.25, 0.3) is 0 Å². The summed E-state index contributed by atoms with van der Waals surface area (Å²) < 4.78 is 34.6. The van der Waals surface area contributed by atoms with E-state index in [0.717, 1.165) is 0 Å². The molecule has 6 heteroatoms. The van der Waals surface area contributed by atoms with Gasteiger partial charge >= 0.3 is 0 Å². The van der Waals surface area contributed by atoms with E-state index in [4.69, 9.17) is 4.74 Å². The molecule has 1 heterocycles. The normalized spacial score (nSPS) is 25.9. The van der Waals surface area contributed by atoms with Gasteiger partial charge in [-0.25, -0.2) is 4.72 Å². The maximum Gasteiger partial charge on any atom is 0.279 e. The van der Waals surface area contributed by atoms with Gasteiger partial charge in [0.2, 0.25) is 0 Å². The van der Waals surface area contributed by atoms with Crippen molar-refractivity contribution >= 4 is 10.2 Å². The van der Waals surface area contributed by atoms with Gasteiger partial charge in [0.1, 0.15) is 0 Å². The summed E-state index contributed by atoms with van der Waals surface area (Å²) >= 11 is 0. The minimum Gasteiger partial charge on any atom is -0.373 e. The fourth-order valence-corrected chi connectivity index (χ4v) is 4.26. The standard InChI is InChI=1S/C14H30N2O3S/c1-10(2)14(11(3)4)7-15-20(17,18)16-8-12(5)19-13(6)9-16/h10-15H,7-9H2,1-6H3. The van der Waals surface area contributed by atoms with Gasteiger partial charge in [-0.2, -0.15) is 12.7 Å². The van der Waals surface area contributed by atoms with Crippen molar-refractivity contribution in [2.75, 3.05) is 19.6 Å². The molecular weight excluding hydrogens is 276 g/mol. The highest BCUT2D eigenvalue weighted by atomic mass is 32.2. The van der Waals surface area contributed by atoms with Gasteiger partial charge in [0.15, 0.2) is 0 Å². The van der Waals surface area contributed by atoms with Crippen LogP contribution in [0.4, 0.5) is 0 Å². The Balaban J connectivity index is 2.65. The van der Waals surface area contributed by atoms with Crippen molar-refractivity contribution in [3.63, 3.8) is 0 Å². The zero-order chi connectivity index (χ0) is 15.5. The zero-order valence-electron chi connectivity index (χ0n) is 13.6. The number of morpholine rings is 1. The monoisotopic (exact) mass is 306 g/mol. The van der Waals surface area contributed by atoms with E-state index < -0.39 is 10.2 Å². The quantitative estimate of drug-likeness (QED) is 0.815. The number of nitrogens with zero attached hydrogens (tertiary/aromatic N) is 1. The number of hydrogen-bond donors (Lipinski definition) is 1. The van der Waals surface area contributed by atoms with Crippen LogP contribution in [0.2, 0.25) is 0 Å². The van der Waals surface area contributed by atoms with Crippen LogP contribution in [0.3, 0.4) is 0 Å². The first-order valence-electron chi connectivity index (χ1n) is 7.53. The second-order valence-electron chi connectivity index (χ2n) is 6.58. The van der Waals surface area contributed by atoms with Crippen LogP contribution in [0.1, 0.15) is 41.5 Å². The van der Waals surface area contributed by atoms with Crippen LogP contribution in [0.5, 0.6) is 0 Å². The fraction of sp³-hybridized carbons (Fsp3) is 1.00. The molecule has 1 aliphatic heterocycles. The molecule has 0 aromatic heterocycles. The second kappa shape index (κ2) is 7.20. The molecule has 2 atom stereocenters. The Morgan fingerprint density at radius 2 is 1.55 bits per heavy atom. The lowest BCUT2D eigenvalue weighted by Gasteiger charge is -2.35. The first kappa shape index (κ1) is 17.9. The minimum atomic E-state index is -3.41. The summed E-state index contributed by atoms with van der Waals surface area (Å²) in [6.45, 7) is 13.7. The largest absolute Gasteiger partial charge is 0.373 e. The van der Waals surface area contributed by atoms with Crippen LogP contribution >= 0.6 is 0 Å². The van der Waals surface area contributed by atoms with E-state index in [2.05, 4.69) is 32.4 Å². The third-order valence-electron chi connectivity index (χ3n) is 3.94. The first-order chi connectivity index (χ1) is 9.13. The van der Waals surface area contributed by atoms with Crippen molar-refractivity contribution < 1.29 is 13.2 Å². The van der Waals surface area contributed by atoms with Gasteiger partial charge < -0.3 is 4.74 Å². The number of ether oxygens (including phenoxy) is 1. The molecular formula is C14H30N2O3S. The van der Waals surface area contributed by atoms with E-state index in [1.165, 1.54) is 4.31 Å². The summed E-state index contributed by atoms with van der Waals surface area (Å²) in [4.78, 5) is 0. The predicted molar refractivity (Wildman–Crippen MR) is 81.7 cm³/mol. The highest BCUT2D eigenvalue weighted by Crippen LogP contribution is 2.20. The van der Waals surface area contributed by atoms with Crippen molar-refractivity contribution in [2.45, 2.75) is 53.8 Å². The Bertz CT molecular complexity index is 377. The maximum absolute atomic E-state index is 12.4. The maximum atomic E-state index is 12.4. The second-order valence-corrected chi connectivity index (χ2v) is 8.33. The summed E-state index contributed by atoms with van der Waals surface area (Å²) in [6, 6.07) is 0. The molecule has 0 bridgehead atoms. The van der Waals surface area contributed by atoms with Crippen molar-refractivity contribution in [3.8, 4) is 0 Å². The molecule has 0 amide bonds. The van der Waals surface area contributed by atoms with Gasteiger partial charge in [-0.1, -0.05) is 27.7 Å². The average molecular weight is 306 g/mol. The predicted octanol–water partition coefficient (Wildman–Crippen LogP) is 1.86. The lowest BCUT2D eigenvalue weighted by atomic mass is 9.86. The topological polar surface area (TPSA) is 58.6 Å². The van der Waals surface area contributed by atoms with Crippen LogP contribution in [0, 0.1) is 17.8 Å². The van der Waals surface area contributed by atoms with E-state index in [1.54, 1.807) is 0 Å². The molecule has 1 aliphatic rings. The van der Waals surface area contributed by atoms with Crippen LogP contribution < -0.4 is 4.72 Å². The smallest absolute Gasteiger partial charge is 0.279 e. The molecule has 0 saturated carbocycles. The Morgan fingerprint density at radius 3 is 1.95 bits per heavy atom. The van der Waals surface area contributed by atoms with E-state index in [1.807, 2.05) is 13.8 Å². The first-order valence-corrected chi connectivity index (χ1v) is 8.97. The average Bonchev–Trinajstić information content (AvgIpc) is 2.26. The minimum absolute atomic E-state index is 0.0543. The molecule has 0 aromatic rings. The Morgan fingerprint density at radius 1 is 1.10 bits per heavy atom. The highest BCUT2D eigenvalue weighted by Gasteiger charge is 2.31. The summed E-state index contributed by atoms with van der Waals surface area (Å²) in [5.41, 5.74) is 0. The summed E-state index contributed by atoms with van der Waals surface area (Å²) in [5, 5.41) is 0. The Hall–Kier alpha value is -0.170. The van der Waals surface area contributed by atoms with Crippen molar-refractivity contribution in [1.82, 2.24) is 9.03 Å².